The number of halogens is 4. The summed E-state index contributed by atoms with van der Waals surface area (Å²) in [4.78, 5) is 11.0. The summed E-state index contributed by atoms with van der Waals surface area (Å²) in [5.74, 6) is -6.40. The molecule has 0 saturated carbocycles. The molecule has 1 unspecified atom stereocenters. The van der Waals surface area contributed by atoms with E-state index in [0.29, 0.717) is 17.0 Å². The van der Waals surface area contributed by atoms with Gasteiger partial charge in [-0.2, -0.15) is 8.78 Å². The van der Waals surface area contributed by atoms with Crippen LogP contribution in [0.2, 0.25) is 0 Å². The van der Waals surface area contributed by atoms with Crippen molar-refractivity contribution in [2.75, 3.05) is 0 Å². The number of alkyl halides is 4. The molecule has 4 nitrogen and oxygen atoms in total. The largest absolute Gasteiger partial charge is 0.383 e. The summed E-state index contributed by atoms with van der Waals surface area (Å²) >= 11 is 0. The molecule has 0 aliphatic carbocycles. The molecule has 0 fully saturated rings. The molecule has 0 aliphatic heterocycles. The number of carbonyl (C=O) groups is 1. The molecule has 0 spiro atoms. The van der Waals surface area contributed by atoms with Gasteiger partial charge in [-0.3, -0.25) is 4.79 Å². The number of rotatable bonds is 4. The predicted octanol–water partition coefficient (Wildman–Crippen LogP) is 2.37. The number of carbonyl (C=O) groups excluding carboxylic acids is 1. The van der Waals surface area contributed by atoms with E-state index in [1.165, 1.54) is 13.8 Å². The zero-order valence-electron chi connectivity index (χ0n) is 9.93. The number of hydrogen-bond donors (Lipinski definition) is 1. The third kappa shape index (κ3) is 2.62. The van der Waals surface area contributed by atoms with Crippen LogP contribution >= 0.6 is 0 Å². The van der Waals surface area contributed by atoms with Crippen LogP contribution in [-0.4, -0.2) is 23.4 Å². The van der Waals surface area contributed by atoms with Crippen molar-refractivity contribution in [3.63, 3.8) is 0 Å². The number of aryl methyl sites for hydroxylation is 2. The lowest BCUT2D eigenvalue weighted by atomic mass is 10.1. The van der Waals surface area contributed by atoms with Crippen LogP contribution in [0.1, 0.15) is 30.0 Å². The molecule has 18 heavy (non-hydrogen) atoms. The number of nitrogens with zero attached hydrogens (tertiary/aromatic N) is 1. The van der Waals surface area contributed by atoms with Crippen molar-refractivity contribution < 1.29 is 26.9 Å². The van der Waals surface area contributed by atoms with Gasteiger partial charge in [-0.15, -0.1) is 0 Å². The average molecular weight is 268 g/mol. The minimum absolute atomic E-state index is 0.334. The second-order valence-corrected chi connectivity index (χ2v) is 3.86. The Labute approximate surface area is 100 Å². The van der Waals surface area contributed by atoms with Crippen molar-refractivity contribution in [3.8, 4) is 0 Å². The van der Waals surface area contributed by atoms with Gasteiger partial charge < -0.3 is 9.84 Å². The molecular formula is C10H12F4N2O2. The van der Waals surface area contributed by atoms with Crippen LogP contribution in [0.3, 0.4) is 0 Å². The molecular weight excluding hydrogens is 256 g/mol. The van der Waals surface area contributed by atoms with E-state index in [9.17, 15) is 22.4 Å². The highest BCUT2D eigenvalue weighted by Crippen LogP contribution is 2.26. The number of amides is 1. The molecule has 1 rings (SSSR count). The molecule has 1 amide bonds. The van der Waals surface area contributed by atoms with Gasteiger partial charge in [0.25, 0.3) is 5.91 Å². The summed E-state index contributed by atoms with van der Waals surface area (Å²) in [7, 11) is 0. The first-order valence-electron chi connectivity index (χ1n) is 5.07. The second-order valence-electron chi connectivity index (χ2n) is 3.86. The summed E-state index contributed by atoms with van der Waals surface area (Å²) in [6.45, 7) is 4.47. The van der Waals surface area contributed by atoms with Crippen molar-refractivity contribution in [3.05, 3.63) is 17.0 Å². The van der Waals surface area contributed by atoms with E-state index in [-0.39, 0.29) is 0 Å². The maximum atomic E-state index is 12.7. The Morgan fingerprint density at radius 2 is 1.94 bits per heavy atom. The lowest BCUT2D eigenvalue weighted by molar-refractivity contribution is -0.170. The quantitative estimate of drug-likeness (QED) is 0.853. The molecule has 1 aromatic heterocycles. The van der Waals surface area contributed by atoms with Crippen molar-refractivity contribution in [1.82, 2.24) is 10.5 Å². The number of aromatic nitrogens is 1. The molecule has 0 saturated heterocycles. The molecule has 1 N–H and O–H groups in total. The highest BCUT2D eigenvalue weighted by Gasteiger charge is 2.49. The zero-order valence-corrected chi connectivity index (χ0v) is 9.93. The second kappa shape index (κ2) is 4.95. The van der Waals surface area contributed by atoms with Gasteiger partial charge in [0.15, 0.2) is 0 Å². The Morgan fingerprint density at radius 3 is 2.33 bits per heavy atom. The van der Waals surface area contributed by atoms with E-state index in [1.54, 1.807) is 6.92 Å². The number of nitrogens with one attached hydrogen (secondary N) is 1. The Kier molecular flexibility index (Phi) is 3.98. The first-order chi connectivity index (χ1) is 8.17. The fraction of sp³-hybridized carbons (Fsp3) is 0.600. The molecule has 1 aromatic rings. The van der Waals surface area contributed by atoms with Gasteiger partial charge in [0.2, 0.25) is 0 Å². The van der Waals surface area contributed by atoms with Crippen LogP contribution in [0, 0.1) is 13.8 Å². The van der Waals surface area contributed by atoms with Crippen molar-refractivity contribution >= 4 is 5.91 Å². The molecule has 0 aromatic carbocycles. The monoisotopic (exact) mass is 268 g/mol. The van der Waals surface area contributed by atoms with Crippen molar-refractivity contribution in [2.24, 2.45) is 0 Å². The van der Waals surface area contributed by atoms with Crippen LogP contribution in [0.5, 0.6) is 0 Å². The SMILES string of the molecule is Cc1noc(C)c1C(C)NC(=O)C(F)(F)C(F)F. The smallest absolute Gasteiger partial charge is 0.361 e. The fourth-order valence-corrected chi connectivity index (χ4v) is 1.57. The summed E-state index contributed by atoms with van der Waals surface area (Å²) in [5.41, 5.74) is 0.800. The normalized spacial score (nSPS) is 13.8. The topological polar surface area (TPSA) is 55.1 Å². The van der Waals surface area contributed by atoms with E-state index in [1.807, 2.05) is 5.32 Å². The predicted molar refractivity (Wildman–Crippen MR) is 53.5 cm³/mol. The first kappa shape index (κ1) is 14.5. The van der Waals surface area contributed by atoms with Gasteiger partial charge in [-0.25, -0.2) is 8.78 Å². The Balaban J connectivity index is 2.84. The van der Waals surface area contributed by atoms with E-state index in [0.717, 1.165) is 0 Å². The van der Waals surface area contributed by atoms with E-state index in [2.05, 4.69) is 5.16 Å². The standard InChI is InChI=1S/C10H12F4N2O2/c1-4(7-5(2)16-18-6(7)3)15-9(17)10(13,14)8(11)12/h4,8H,1-3H3,(H,15,17). The Morgan fingerprint density at radius 1 is 1.39 bits per heavy atom. The Hall–Kier alpha value is -1.60. The zero-order chi connectivity index (χ0) is 14.1. The van der Waals surface area contributed by atoms with Gasteiger partial charge in [-0.1, -0.05) is 5.16 Å². The first-order valence-corrected chi connectivity index (χ1v) is 5.07. The van der Waals surface area contributed by atoms with Crippen LogP contribution in [0.4, 0.5) is 17.6 Å². The van der Waals surface area contributed by atoms with E-state index in [4.69, 9.17) is 4.52 Å². The highest BCUT2D eigenvalue weighted by molar-refractivity contribution is 5.84. The summed E-state index contributed by atoms with van der Waals surface area (Å²) in [6, 6.07) is -0.895. The van der Waals surface area contributed by atoms with Crippen LogP contribution in [-0.2, 0) is 4.79 Å². The number of hydrogen-bond acceptors (Lipinski definition) is 3. The third-order valence-corrected chi connectivity index (χ3v) is 2.45. The molecule has 0 bridgehead atoms. The van der Waals surface area contributed by atoms with Gasteiger partial charge in [0.1, 0.15) is 5.76 Å². The molecule has 0 radical (unpaired) electrons. The fourth-order valence-electron chi connectivity index (χ4n) is 1.57. The molecule has 8 heteroatoms. The molecule has 0 aliphatic rings. The van der Waals surface area contributed by atoms with E-state index >= 15 is 0 Å². The maximum absolute atomic E-state index is 12.7. The van der Waals surface area contributed by atoms with Crippen LogP contribution in [0.25, 0.3) is 0 Å². The molecule has 1 atom stereocenters. The third-order valence-electron chi connectivity index (χ3n) is 2.45. The van der Waals surface area contributed by atoms with Gasteiger partial charge in [0.05, 0.1) is 11.7 Å². The maximum Gasteiger partial charge on any atom is 0.383 e. The highest BCUT2D eigenvalue weighted by atomic mass is 19.3. The summed E-state index contributed by atoms with van der Waals surface area (Å²) in [5, 5.41) is 5.40. The Bertz CT molecular complexity index is 426. The average Bonchev–Trinajstić information content (AvgIpc) is 2.57. The van der Waals surface area contributed by atoms with Crippen molar-refractivity contribution in [2.45, 2.75) is 39.2 Å². The lowest BCUT2D eigenvalue weighted by Crippen LogP contribution is -2.46. The minimum atomic E-state index is -4.72. The summed E-state index contributed by atoms with van der Waals surface area (Å²) < 4.78 is 54.2. The van der Waals surface area contributed by atoms with Gasteiger partial charge in [-0.05, 0) is 20.8 Å². The lowest BCUT2D eigenvalue weighted by Gasteiger charge is -2.19. The molecule has 102 valence electrons. The van der Waals surface area contributed by atoms with Gasteiger partial charge in [0, 0.05) is 5.56 Å². The summed E-state index contributed by atoms with van der Waals surface area (Å²) in [6.07, 6.45) is -4.05. The van der Waals surface area contributed by atoms with Crippen molar-refractivity contribution in [1.29, 1.82) is 0 Å². The molecule has 1 heterocycles. The minimum Gasteiger partial charge on any atom is -0.361 e. The van der Waals surface area contributed by atoms with Crippen LogP contribution < -0.4 is 5.32 Å². The van der Waals surface area contributed by atoms with Gasteiger partial charge >= 0.3 is 12.3 Å². The van der Waals surface area contributed by atoms with Crippen LogP contribution in [0.15, 0.2) is 4.52 Å². The van der Waals surface area contributed by atoms with E-state index < -0.39 is 24.3 Å².